The van der Waals surface area contributed by atoms with Crippen LogP contribution >= 0.6 is 23.6 Å². The molecule has 1 N–H and O–H groups in total. The summed E-state index contributed by atoms with van der Waals surface area (Å²) in [7, 11) is 0. The molecule has 1 aromatic heterocycles. The first-order chi connectivity index (χ1) is 13.5. The summed E-state index contributed by atoms with van der Waals surface area (Å²) >= 11 is 6.82. The predicted molar refractivity (Wildman–Crippen MR) is 113 cm³/mol. The predicted octanol–water partition coefficient (Wildman–Crippen LogP) is 4.89. The summed E-state index contributed by atoms with van der Waals surface area (Å²) in [5, 5.41) is 13.0. The zero-order chi connectivity index (χ0) is 20.1. The van der Waals surface area contributed by atoms with Gasteiger partial charge in [0.1, 0.15) is 22.6 Å². The van der Waals surface area contributed by atoms with E-state index in [9.17, 15) is 10.1 Å². The monoisotopic (exact) mass is 414 g/mol. The number of anilines is 1. The first-order valence-corrected chi connectivity index (χ1v) is 10.5. The molecule has 1 atom stereocenters. The van der Waals surface area contributed by atoms with E-state index in [2.05, 4.69) is 18.3 Å². The molecule has 2 aromatic rings. The van der Waals surface area contributed by atoms with Crippen LogP contribution < -0.4 is 14.8 Å². The van der Waals surface area contributed by atoms with Crippen LogP contribution in [0.5, 0.6) is 11.5 Å². The van der Waals surface area contributed by atoms with Gasteiger partial charge in [0, 0.05) is 0 Å². The number of nitrogens with zero attached hydrogens (tertiary/aromatic N) is 1. The molecule has 0 aliphatic heterocycles. The van der Waals surface area contributed by atoms with Gasteiger partial charge in [0.25, 0.3) is 5.91 Å². The average molecular weight is 415 g/mol. The van der Waals surface area contributed by atoms with Crippen molar-refractivity contribution in [2.45, 2.75) is 33.1 Å². The second-order valence-corrected chi connectivity index (χ2v) is 8.44. The van der Waals surface area contributed by atoms with Crippen molar-refractivity contribution in [3.63, 3.8) is 0 Å². The molecule has 0 spiro atoms. The molecule has 1 aliphatic rings. The maximum Gasteiger partial charge on any atom is 0.262 e. The molecule has 0 radical (unpaired) electrons. The molecule has 0 fully saturated rings. The lowest BCUT2D eigenvalue weighted by Crippen LogP contribution is -2.21. The highest BCUT2D eigenvalue weighted by molar-refractivity contribution is 7.73. The van der Waals surface area contributed by atoms with E-state index >= 15 is 0 Å². The quantitative estimate of drug-likeness (QED) is 0.682. The van der Waals surface area contributed by atoms with Crippen LogP contribution in [0.3, 0.4) is 0 Å². The maximum absolute atomic E-state index is 12.4. The Bertz CT molecular complexity index is 961. The molecule has 1 aliphatic carbocycles. The molecule has 3 rings (SSSR count). The second-order valence-electron chi connectivity index (χ2n) is 6.75. The van der Waals surface area contributed by atoms with E-state index in [1.54, 1.807) is 24.3 Å². The van der Waals surface area contributed by atoms with Crippen LogP contribution in [0.2, 0.25) is 0 Å². The number of hydrogen-bond donors (Lipinski definition) is 1. The molecular formula is C21H22N2O3S2. The van der Waals surface area contributed by atoms with Crippen LogP contribution in [0.4, 0.5) is 5.00 Å². The molecule has 1 amide bonds. The summed E-state index contributed by atoms with van der Waals surface area (Å²) in [6.45, 7) is 4.56. The van der Waals surface area contributed by atoms with E-state index in [1.807, 2.05) is 6.92 Å². The second kappa shape index (κ2) is 9.18. The van der Waals surface area contributed by atoms with Crippen LogP contribution in [-0.2, 0) is 17.6 Å². The van der Waals surface area contributed by atoms with Gasteiger partial charge in [-0.2, -0.15) is 5.26 Å². The van der Waals surface area contributed by atoms with Crippen LogP contribution in [-0.4, -0.2) is 19.1 Å². The van der Waals surface area contributed by atoms with Crippen molar-refractivity contribution in [2.24, 2.45) is 5.92 Å². The van der Waals surface area contributed by atoms with Crippen molar-refractivity contribution in [1.29, 1.82) is 5.26 Å². The summed E-state index contributed by atoms with van der Waals surface area (Å²) in [4.78, 5) is 12.4. The maximum atomic E-state index is 12.4. The highest BCUT2D eigenvalue weighted by Gasteiger charge is 2.23. The molecule has 0 bridgehead atoms. The lowest BCUT2D eigenvalue weighted by molar-refractivity contribution is -0.118. The largest absolute Gasteiger partial charge is 0.494 e. The number of carbonyl (C=O) groups is 1. The molecule has 0 saturated heterocycles. The SMILES string of the molecule is CCOc1ccc(OCC(=O)Nc2sc(=S)c3c(c2C#N)CCC(C)C3)cc1. The van der Waals surface area contributed by atoms with Crippen molar-refractivity contribution in [1.82, 2.24) is 0 Å². The highest BCUT2D eigenvalue weighted by atomic mass is 32.1. The minimum atomic E-state index is -0.319. The fraction of sp³-hybridized carbons (Fsp3) is 0.381. The van der Waals surface area contributed by atoms with Crippen molar-refractivity contribution >= 4 is 34.5 Å². The van der Waals surface area contributed by atoms with E-state index in [4.69, 9.17) is 21.7 Å². The van der Waals surface area contributed by atoms with Gasteiger partial charge < -0.3 is 14.8 Å². The number of carbonyl (C=O) groups excluding carboxylic acids is 1. The lowest BCUT2D eigenvalue weighted by Gasteiger charge is -2.23. The van der Waals surface area contributed by atoms with E-state index in [0.29, 0.717) is 28.8 Å². The smallest absolute Gasteiger partial charge is 0.262 e. The van der Waals surface area contributed by atoms with Gasteiger partial charge in [0.2, 0.25) is 0 Å². The first kappa shape index (κ1) is 20.3. The number of rotatable bonds is 6. The number of ether oxygens (including phenoxy) is 2. The number of nitriles is 1. The summed E-state index contributed by atoms with van der Waals surface area (Å²) in [6.07, 6.45) is 2.75. The van der Waals surface area contributed by atoms with Gasteiger partial charge in [-0.1, -0.05) is 19.1 Å². The van der Waals surface area contributed by atoms with Gasteiger partial charge in [0.05, 0.1) is 16.0 Å². The number of amides is 1. The fourth-order valence-corrected chi connectivity index (χ4v) is 4.66. The average Bonchev–Trinajstić information content (AvgIpc) is 2.68. The zero-order valence-corrected chi connectivity index (χ0v) is 17.5. The number of benzene rings is 1. The van der Waals surface area contributed by atoms with Crippen molar-refractivity contribution in [3.05, 3.63) is 44.8 Å². The minimum Gasteiger partial charge on any atom is -0.494 e. The van der Waals surface area contributed by atoms with Crippen molar-refractivity contribution < 1.29 is 14.3 Å². The molecular weight excluding hydrogens is 392 g/mol. The third-order valence-corrected chi connectivity index (χ3v) is 6.08. The molecule has 1 unspecified atom stereocenters. The lowest BCUT2D eigenvalue weighted by atomic mass is 9.85. The number of nitrogens with one attached hydrogen (secondary N) is 1. The molecule has 28 heavy (non-hydrogen) atoms. The van der Waals surface area contributed by atoms with E-state index in [-0.39, 0.29) is 12.5 Å². The highest BCUT2D eigenvalue weighted by Crippen LogP contribution is 2.35. The molecule has 5 nitrogen and oxygen atoms in total. The Hall–Kier alpha value is -2.43. The number of hydrogen-bond acceptors (Lipinski definition) is 6. The Labute approximate surface area is 173 Å². The number of fused-ring (bicyclic) bond motifs is 1. The van der Waals surface area contributed by atoms with Gasteiger partial charge in [-0.05, 0) is 67.5 Å². The topological polar surface area (TPSA) is 71.3 Å². The third-order valence-electron chi connectivity index (χ3n) is 4.64. The Morgan fingerprint density at radius 1 is 1.29 bits per heavy atom. The van der Waals surface area contributed by atoms with E-state index < -0.39 is 0 Å². The molecule has 1 aromatic carbocycles. The Morgan fingerprint density at radius 3 is 2.61 bits per heavy atom. The van der Waals surface area contributed by atoms with Gasteiger partial charge in [-0.3, -0.25) is 4.79 Å². The Balaban J connectivity index is 1.69. The zero-order valence-electron chi connectivity index (χ0n) is 15.9. The standard InChI is InChI=1S/C21H22N2O3S2/c1-3-25-14-5-7-15(8-6-14)26-12-19(24)23-20-18(11-22)16-9-4-13(2)10-17(16)21(27)28-20/h5-8,13H,3-4,9-10,12H2,1-2H3,(H,23,24). The minimum absolute atomic E-state index is 0.146. The van der Waals surface area contributed by atoms with E-state index in [0.717, 1.165) is 40.0 Å². The van der Waals surface area contributed by atoms with Gasteiger partial charge in [-0.25, -0.2) is 0 Å². The summed E-state index contributed by atoms with van der Waals surface area (Å²) < 4.78 is 11.7. The van der Waals surface area contributed by atoms with Gasteiger partial charge >= 0.3 is 0 Å². The van der Waals surface area contributed by atoms with Crippen LogP contribution in [0.15, 0.2) is 24.3 Å². The molecule has 7 heteroatoms. The van der Waals surface area contributed by atoms with E-state index in [1.165, 1.54) is 11.3 Å². The van der Waals surface area contributed by atoms with Crippen LogP contribution in [0.1, 0.15) is 37.0 Å². The third kappa shape index (κ3) is 4.70. The molecule has 0 saturated carbocycles. The van der Waals surface area contributed by atoms with Crippen LogP contribution in [0.25, 0.3) is 0 Å². The van der Waals surface area contributed by atoms with Crippen molar-refractivity contribution in [3.8, 4) is 17.6 Å². The molecule has 146 valence electrons. The fourth-order valence-electron chi connectivity index (χ4n) is 3.26. The van der Waals surface area contributed by atoms with Crippen molar-refractivity contribution in [2.75, 3.05) is 18.5 Å². The summed E-state index contributed by atoms with van der Waals surface area (Å²) in [5.74, 6) is 1.57. The van der Waals surface area contributed by atoms with Crippen LogP contribution in [0, 0.1) is 21.1 Å². The van der Waals surface area contributed by atoms with Gasteiger partial charge in [-0.15, -0.1) is 11.3 Å². The summed E-state index contributed by atoms with van der Waals surface area (Å²) in [6, 6.07) is 9.35. The Kier molecular flexibility index (Phi) is 6.65. The molecule has 1 heterocycles. The van der Waals surface area contributed by atoms with Gasteiger partial charge in [0.15, 0.2) is 6.61 Å². The Morgan fingerprint density at radius 2 is 1.96 bits per heavy atom. The normalized spacial score (nSPS) is 15.2. The first-order valence-electron chi connectivity index (χ1n) is 9.26. The summed E-state index contributed by atoms with van der Waals surface area (Å²) in [5.41, 5.74) is 2.63.